The van der Waals surface area contributed by atoms with Gasteiger partial charge in [0.05, 0.1) is 0 Å². The van der Waals surface area contributed by atoms with Gasteiger partial charge in [0.25, 0.3) is 5.91 Å². The van der Waals surface area contributed by atoms with Crippen LogP contribution in [0.15, 0.2) is 12.4 Å². The largest absolute Gasteiger partial charge is 0.370 e. The molecular formula is C16H27N5O. The Labute approximate surface area is 132 Å². The van der Waals surface area contributed by atoms with Gasteiger partial charge in [0.15, 0.2) is 0 Å². The second kappa shape index (κ2) is 8.68. The molecule has 1 aliphatic carbocycles. The number of hydrogen-bond acceptors (Lipinski definition) is 5. The van der Waals surface area contributed by atoms with Gasteiger partial charge in [-0.25, -0.2) is 9.97 Å². The van der Waals surface area contributed by atoms with E-state index >= 15 is 0 Å². The van der Waals surface area contributed by atoms with E-state index in [0.29, 0.717) is 17.6 Å². The second-order valence-corrected chi connectivity index (χ2v) is 6.18. The lowest BCUT2D eigenvalue weighted by molar-refractivity contribution is 0.0922. The van der Waals surface area contributed by atoms with Gasteiger partial charge in [0.2, 0.25) is 0 Å². The summed E-state index contributed by atoms with van der Waals surface area (Å²) in [6.45, 7) is 1.85. The summed E-state index contributed by atoms with van der Waals surface area (Å²) in [7, 11) is 4.11. The van der Waals surface area contributed by atoms with Gasteiger partial charge in [-0.2, -0.15) is 0 Å². The molecule has 1 amide bonds. The maximum Gasteiger partial charge on any atom is 0.270 e. The first-order valence-electron chi connectivity index (χ1n) is 8.16. The molecule has 1 heterocycles. The van der Waals surface area contributed by atoms with Crippen LogP contribution in [0.1, 0.15) is 49.0 Å². The number of carbonyl (C=O) groups excluding carboxylic acids is 1. The summed E-state index contributed by atoms with van der Waals surface area (Å²) in [5.74, 6) is 0.619. The molecule has 1 aliphatic rings. The Morgan fingerprint density at radius 3 is 2.77 bits per heavy atom. The Bertz CT molecular complexity index is 471. The van der Waals surface area contributed by atoms with Gasteiger partial charge >= 0.3 is 0 Å². The topological polar surface area (TPSA) is 70.2 Å². The summed E-state index contributed by atoms with van der Waals surface area (Å²) >= 11 is 0. The Hall–Kier alpha value is -1.69. The van der Waals surface area contributed by atoms with E-state index in [2.05, 4.69) is 39.6 Å². The predicted molar refractivity (Wildman–Crippen MR) is 88.0 cm³/mol. The monoisotopic (exact) mass is 305 g/mol. The summed E-state index contributed by atoms with van der Waals surface area (Å²) in [6.07, 6.45) is 8.31. The van der Waals surface area contributed by atoms with Crippen LogP contribution in [0.2, 0.25) is 0 Å². The van der Waals surface area contributed by atoms with Crippen molar-refractivity contribution in [2.75, 3.05) is 32.5 Å². The van der Waals surface area contributed by atoms with Gasteiger partial charge < -0.3 is 15.5 Å². The van der Waals surface area contributed by atoms with Crippen molar-refractivity contribution in [3.05, 3.63) is 18.1 Å². The molecule has 0 bridgehead atoms. The number of anilines is 1. The average Bonchev–Trinajstić information content (AvgIpc) is 2.53. The molecule has 0 atom stereocenters. The zero-order valence-electron chi connectivity index (χ0n) is 13.6. The standard InChI is InChI=1S/C16H27N5O/c1-21(2)10-6-9-17-15-11-14(18-12-19-15)16(22)20-13-7-4-3-5-8-13/h11-13H,3-10H2,1-2H3,(H,20,22)(H,17,18,19). The molecule has 1 aromatic rings. The Morgan fingerprint density at radius 2 is 2.05 bits per heavy atom. The number of amides is 1. The van der Waals surface area contributed by atoms with Crippen LogP contribution >= 0.6 is 0 Å². The third-order valence-electron chi connectivity index (χ3n) is 3.93. The molecule has 0 radical (unpaired) electrons. The van der Waals surface area contributed by atoms with E-state index in [1.807, 2.05) is 0 Å². The van der Waals surface area contributed by atoms with Crippen LogP contribution in [0.5, 0.6) is 0 Å². The van der Waals surface area contributed by atoms with Gasteiger partial charge in [0, 0.05) is 18.7 Å². The molecule has 1 fully saturated rings. The van der Waals surface area contributed by atoms with E-state index in [1.165, 1.54) is 25.6 Å². The zero-order chi connectivity index (χ0) is 15.8. The highest BCUT2D eigenvalue weighted by atomic mass is 16.1. The number of rotatable bonds is 7. The van der Waals surface area contributed by atoms with Gasteiger partial charge in [-0.15, -0.1) is 0 Å². The van der Waals surface area contributed by atoms with Crippen molar-refractivity contribution < 1.29 is 4.79 Å². The van der Waals surface area contributed by atoms with Gasteiger partial charge in [-0.05, 0) is 39.9 Å². The molecule has 6 nitrogen and oxygen atoms in total. The summed E-state index contributed by atoms with van der Waals surface area (Å²) < 4.78 is 0. The summed E-state index contributed by atoms with van der Waals surface area (Å²) in [4.78, 5) is 22.7. The highest BCUT2D eigenvalue weighted by molar-refractivity contribution is 5.93. The normalized spacial score (nSPS) is 15.8. The van der Waals surface area contributed by atoms with Crippen molar-refractivity contribution in [1.82, 2.24) is 20.2 Å². The van der Waals surface area contributed by atoms with Crippen LogP contribution in [0, 0.1) is 0 Å². The number of aromatic nitrogens is 2. The number of carbonyl (C=O) groups is 1. The third kappa shape index (κ3) is 5.60. The summed E-state index contributed by atoms with van der Waals surface area (Å²) in [6, 6.07) is 2.03. The van der Waals surface area contributed by atoms with E-state index in [9.17, 15) is 4.79 Å². The SMILES string of the molecule is CN(C)CCCNc1cc(C(=O)NC2CCCCC2)ncn1. The molecule has 122 valence electrons. The number of nitrogens with one attached hydrogen (secondary N) is 2. The minimum Gasteiger partial charge on any atom is -0.370 e. The highest BCUT2D eigenvalue weighted by Crippen LogP contribution is 2.17. The van der Waals surface area contributed by atoms with E-state index in [4.69, 9.17) is 0 Å². The molecule has 22 heavy (non-hydrogen) atoms. The molecule has 6 heteroatoms. The van der Waals surface area contributed by atoms with Crippen LogP contribution < -0.4 is 10.6 Å². The summed E-state index contributed by atoms with van der Waals surface area (Å²) in [5.41, 5.74) is 0.440. The van der Waals surface area contributed by atoms with Crippen molar-refractivity contribution in [3.63, 3.8) is 0 Å². The molecule has 2 rings (SSSR count). The van der Waals surface area contributed by atoms with Gasteiger partial charge in [-0.1, -0.05) is 19.3 Å². The van der Waals surface area contributed by atoms with Crippen LogP contribution in [0.4, 0.5) is 5.82 Å². The zero-order valence-corrected chi connectivity index (χ0v) is 13.6. The molecule has 2 N–H and O–H groups in total. The fourth-order valence-corrected chi connectivity index (χ4v) is 2.70. The molecular weight excluding hydrogens is 278 g/mol. The Morgan fingerprint density at radius 1 is 1.27 bits per heavy atom. The molecule has 1 saturated carbocycles. The smallest absolute Gasteiger partial charge is 0.270 e. The molecule has 0 aliphatic heterocycles. The van der Waals surface area contributed by atoms with E-state index in [0.717, 1.165) is 32.4 Å². The van der Waals surface area contributed by atoms with Crippen LogP contribution in [0.25, 0.3) is 0 Å². The van der Waals surface area contributed by atoms with Crippen LogP contribution in [-0.2, 0) is 0 Å². The lowest BCUT2D eigenvalue weighted by Crippen LogP contribution is -2.36. The van der Waals surface area contributed by atoms with E-state index < -0.39 is 0 Å². The fourth-order valence-electron chi connectivity index (χ4n) is 2.70. The fraction of sp³-hybridized carbons (Fsp3) is 0.688. The van der Waals surface area contributed by atoms with Gasteiger partial charge in [-0.3, -0.25) is 4.79 Å². The summed E-state index contributed by atoms with van der Waals surface area (Å²) in [5, 5.41) is 6.32. The maximum atomic E-state index is 12.2. The lowest BCUT2D eigenvalue weighted by Gasteiger charge is -2.22. The first-order chi connectivity index (χ1) is 10.6. The van der Waals surface area contributed by atoms with Crippen LogP contribution in [0.3, 0.4) is 0 Å². The minimum atomic E-state index is -0.0920. The second-order valence-electron chi connectivity index (χ2n) is 6.18. The quantitative estimate of drug-likeness (QED) is 0.753. The van der Waals surface area contributed by atoms with Crippen molar-refractivity contribution >= 4 is 11.7 Å². The van der Waals surface area contributed by atoms with Crippen molar-refractivity contribution in [3.8, 4) is 0 Å². The van der Waals surface area contributed by atoms with E-state index in [1.54, 1.807) is 6.07 Å². The number of hydrogen-bond donors (Lipinski definition) is 2. The third-order valence-corrected chi connectivity index (χ3v) is 3.93. The van der Waals surface area contributed by atoms with E-state index in [-0.39, 0.29) is 5.91 Å². The molecule has 0 saturated heterocycles. The average molecular weight is 305 g/mol. The van der Waals surface area contributed by atoms with Crippen LogP contribution in [-0.4, -0.2) is 54.0 Å². The molecule has 1 aromatic heterocycles. The van der Waals surface area contributed by atoms with Crippen molar-refractivity contribution in [1.29, 1.82) is 0 Å². The molecule has 0 spiro atoms. The lowest BCUT2D eigenvalue weighted by atomic mass is 9.95. The van der Waals surface area contributed by atoms with Crippen molar-refractivity contribution in [2.45, 2.75) is 44.6 Å². The first kappa shape index (κ1) is 16.7. The maximum absolute atomic E-state index is 12.2. The minimum absolute atomic E-state index is 0.0920. The first-order valence-corrected chi connectivity index (χ1v) is 8.16. The Kier molecular flexibility index (Phi) is 6.58. The van der Waals surface area contributed by atoms with Crippen molar-refractivity contribution in [2.24, 2.45) is 0 Å². The molecule has 0 unspecified atom stereocenters. The van der Waals surface area contributed by atoms with Gasteiger partial charge in [0.1, 0.15) is 17.8 Å². The predicted octanol–water partition coefficient (Wildman–Crippen LogP) is 1.90. The molecule has 0 aromatic carbocycles. The highest BCUT2D eigenvalue weighted by Gasteiger charge is 2.17. The Balaban J connectivity index is 1.83. The number of nitrogens with zero attached hydrogens (tertiary/aromatic N) is 3.